The second kappa shape index (κ2) is 9.22. The zero-order valence-electron chi connectivity index (χ0n) is 17.1. The van der Waals surface area contributed by atoms with Crippen LogP contribution in [0.5, 0.6) is 0 Å². The number of aromatic nitrogens is 1. The number of rotatable bonds is 6. The van der Waals surface area contributed by atoms with E-state index in [4.69, 9.17) is 11.1 Å². The number of pyridine rings is 1. The lowest BCUT2D eigenvalue weighted by molar-refractivity contribution is -0.120. The number of nitrogens with zero attached hydrogens (tertiary/aromatic N) is 1. The second-order valence-corrected chi connectivity index (χ2v) is 8.81. The van der Waals surface area contributed by atoms with Crippen molar-refractivity contribution >= 4 is 34.9 Å². The molecule has 1 aliphatic heterocycles. The van der Waals surface area contributed by atoms with E-state index in [-0.39, 0.29) is 11.7 Å². The molecule has 0 spiro atoms. The van der Waals surface area contributed by atoms with Crippen molar-refractivity contribution in [3.63, 3.8) is 0 Å². The van der Waals surface area contributed by atoms with Crippen LogP contribution in [-0.2, 0) is 4.79 Å². The van der Waals surface area contributed by atoms with E-state index in [2.05, 4.69) is 15.6 Å². The van der Waals surface area contributed by atoms with E-state index in [1.54, 1.807) is 18.5 Å². The first-order chi connectivity index (χ1) is 15.1. The third-order valence-corrected chi connectivity index (χ3v) is 6.48. The van der Waals surface area contributed by atoms with Gasteiger partial charge in [0, 0.05) is 29.3 Å². The number of thioether (sulfide) groups is 1. The third-order valence-electron chi connectivity index (χ3n) is 5.49. The van der Waals surface area contributed by atoms with E-state index >= 15 is 0 Å². The van der Waals surface area contributed by atoms with Gasteiger partial charge in [0.1, 0.15) is 11.4 Å². The van der Waals surface area contributed by atoms with Crippen molar-refractivity contribution in [2.24, 2.45) is 5.73 Å². The van der Waals surface area contributed by atoms with E-state index in [0.717, 1.165) is 46.8 Å². The number of hydrogen-bond acceptors (Lipinski definition) is 5. The summed E-state index contributed by atoms with van der Waals surface area (Å²) in [6.45, 7) is 0. The molecule has 158 valence electrons. The van der Waals surface area contributed by atoms with Crippen molar-refractivity contribution in [3.8, 4) is 11.1 Å². The molecule has 1 fully saturated rings. The molecule has 0 bridgehead atoms. The third kappa shape index (κ3) is 4.88. The van der Waals surface area contributed by atoms with Crippen LogP contribution in [0.25, 0.3) is 11.1 Å². The summed E-state index contributed by atoms with van der Waals surface area (Å²) in [5.74, 6) is 1.79. The average Bonchev–Trinajstić information content (AvgIpc) is 2.81. The van der Waals surface area contributed by atoms with Gasteiger partial charge in [-0.05, 0) is 71.9 Å². The number of amidine groups is 1. The fourth-order valence-electron chi connectivity index (χ4n) is 3.71. The Morgan fingerprint density at radius 1 is 0.968 bits per heavy atom. The van der Waals surface area contributed by atoms with Crippen LogP contribution in [0.2, 0.25) is 0 Å². The molecule has 0 atom stereocenters. The van der Waals surface area contributed by atoms with E-state index in [9.17, 15) is 4.79 Å². The summed E-state index contributed by atoms with van der Waals surface area (Å²) in [5.41, 5.74) is 9.28. The monoisotopic (exact) mass is 431 g/mol. The number of nitrogens with one attached hydrogen (secondary N) is 3. The van der Waals surface area contributed by atoms with Crippen molar-refractivity contribution in [2.75, 3.05) is 22.1 Å². The molecule has 1 aliphatic rings. The minimum Gasteiger partial charge on any atom is -0.384 e. The topological polar surface area (TPSA) is 104 Å². The molecule has 4 rings (SSSR count). The molecule has 6 nitrogen and oxygen atoms in total. The molecule has 1 saturated heterocycles. The van der Waals surface area contributed by atoms with Crippen molar-refractivity contribution < 1.29 is 4.79 Å². The van der Waals surface area contributed by atoms with Crippen LogP contribution in [0.3, 0.4) is 0 Å². The van der Waals surface area contributed by atoms with E-state index < -0.39 is 5.54 Å². The Morgan fingerprint density at radius 2 is 1.65 bits per heavy atom. The lowest BCUT2D eigenvalue weighted by atomic mass is 9.90. The summed E-state index contributed by atoms with van der Waals surface area (Å²) in [4.78, 5) is 17.5. The molecule has 3 aromatic rings. The smallest absolute Gasteiger partial charge is 0.250 e. The maximum Gasteiger partial charge on any atom is 0.250 e. The Kier molecular flexibility index (Phi) is 6.23. The molecule has 2 heterocycles. The van der Waals surface area contributed by atoms with Crippen molar-refractivity contribution in [1.82, 2.24) is 4.98 Å². The molecule has 31 heavy (non-hydrogen) atoms. The maximum absolute atomic E-state index is 13.4. The largest absolute Gasteiger partial charge is 0.384 e. The number of benzene rings is 2. The average molecular weight is 432 g/mol. The SMILES string of the molecule is N=C(N)c1cccc(NC2(C(=O)Nc3ccc(-c4ccncc4)cc3)CCSCC2)c1. The van der Waals surface area contributed by atoms with Crippen molar-refractivity contribution in [3.05, 3.63) is 78.6 Å². The van der Waals surface area contributed by atoms with Crippen LogP contribution in [0.4, 0.5) is 11.4 Å². The van der Waals surface area contributed by atoms with Gasteiger partial charge in [0.25, 0.3) is 0 Å². The van der Waals surface area contributed by atoms with Gasteiger partial charge in [-0.1, -0.05) is 24.3 Å². The quantitative estimate of drug-likeness (QED) is 0.343. The number of carbonyl (C=O) groups excluding carboxylic acids is 1. The fourth-order valence-corrected chi connectivity index (χ4v) is 4.90. The molecule has 2 aromatic carbocycles. The normalized spacial score (nSPS) is 15.1. The van der Waals surface area contributed by atoms with Crippen molar-refractivity contribution in [1.29, 1.82) is 5.41 Å². The lowest BCUT2D eigenvalue weighted by Gasteiger charge is -2.37. The van der Waals surface area contributed by atoms with Gasteiger partial charge < -0.3 is 16.4 Å². The molecule has 0 aliphatic carbocycles. The lowest BCUT2D eigenvalue weighted by Crippen LogP contribution is -2.52. The summed E-state index contributed by atoms with van der Waals surface area (Å²) in [5, 5.41) is 14.2. The van der Waals surface area contributed by atoms with Crippen LogP contribution >= 0.6 is 11.8 Å². The van der Waals surface area contributed by atoms with Gasteiger partial charge in [-0.15, -0.1) is 0 Å². The number of carbonyl (C=O) groups is 1. The Bertz CT molecular complexity index is 1060. The van der Waals surface area contributed by atoms with E-state index in [1.165, 1.54) is 0 Å². The highest BCUT2D eigenvalue weighted by Gasteiger charge is 2.40. The molecule has 0 saturated carbocycles. The highest BCUT2D eigenvalue weighted by atomic mass is 32.2. The first kappa shape index (κ1) is 20.9. The van der Waals surface area contributed by atoms with Gasteiger partial charge in [0.15, 0.2) is 0 Å². The second-order valence-electron chi connectivity index (χ2n) is 7.58. The van der Waals surface area contributed by atoms with Crippen LogP contribution < -0.4 is 16.4 Å². The summed E-state index contributed by atoms with van der Waals surface area (Å²) >= 11 is 1.86. The molecule has 5 N–H and O–H groups in total. The number of nitrogen functional groups attached to an aromatic ring is 1. The van der Waals surface area contributed by atoms with Gasteiger partial charge in [-0.2, -0.15) is 11.8 Å². The Hall–Kier alpha value is -3.32. The fraction of sp³-hybridized carbons (Fsp3) is 0.208. The highest BCUT2D eigenvalue weighted by molar-refractivity contribution is 7.99. The van der Waals surface area contributed by atoms with Gasteiger partial charge in [-0.3, -0.25) is 15.2 Å². The van der Waals surface area contributed by atoms with Gasteiger partial charge >= 0.3 is 0 Å². The predicted molar refractivity (Wildman–Crippen MR) is 129 cm³/mol. The molecular formula is C24H25N5OS. The summed E-state index contributed by atoms with van der Waals surface area (Å²) < 4.78 is 0. The standard InChI is InChI=1S/C24H25N5OS/c25-22(26)19-2-1-3-21(16-19)29-24(10-14-31-15-11-24)23(30)28-20-6-4-17(5-7-20)18-8-12-27-13-9-18/h1-9,12-13,16,29H,10-11,14-15H2,(H3,25,26)(H,28,30). The first-order valence-corrected chi connectivity index (χ1v) is 11.3. The molecule has 0 radical (unpaired) electrons. The molecular weight excluding hydrogens is 406 g/mol. The molecule has 0 unspecified atom stereocenters. The first-order valence-electron chi connectivity index (χ1n) is 10.2. The summed E-state index contributed by atoms with van der Waals surface area (Å²) in [6.07, 6.45) is 4.98. The summed E-state index contributed by atoms with van der Waals surface area (Å²) in [7, 11) is 0. The minimum atomic E-state index is -0.704. The zero-order chi connectivity index (χ0) is 21.7. The molecule has 1 amide bonds. The molecule has 7 heteroatoms. The number of anilines is 2. The van der Waals surface area contributed by atoms with Gasteiger partial charge in [0.05, 0.1) is 0 Å². The van der Waals surface area contributed by atoms with E-state index in [0.29, 0.717) is 5.56 Å². The Balaban J connectivity index is 1.53. The zero-order valence-corrected chi connectivity index (χ0v) is 17.9. The predicted octanol–water partition coefficient (Wildman–Crippen LogP) is 4.35. The van der Waals surface area contributed by atoms with Crippen molar-refractivity contribution in [2.45, 2.75) is 18.4 Å². The number of amides is 1. The van der Waals surface area contributed by atoms with Crippen LogP contribution in [0.15, 0.2) is 73.1 Å². The Morgan fingerprint density at radius 3 is 2.32 bits per heavy atom. The van der Waals surface area contributed by atoms with Crippen LogP contribution in [0, 0.1) is 5.41 Å². The maximum atomic E-state index is 13.4. The van der Waals surface area contributed by atoms with E-state index in [1.807, 2.05) is 66.4 Å². The molecule has 1 aromatic heterocycles. The van der Waals surface area contributed by atoms with Crippen LogP contribution in [-0.4, -0.2) is 33.8 Å². The Labute approximate surface area is 186 Å². The van der Waals surface area contributed by atoms with Gasteiger partial charge in [0.2, 0.25) is 5.91 Å². The number of nitrogens with two attached hydrogens (primary N) is 1. The highest BCUT2D eigenvalue weighted by Crippen LogP contribution is 2.32. The summed E-state index contributed by atoms with van der Waals surface area (Å²) in [6, 6.07) is 19.1. The van der Waals surface area contributed by atoms with Gasteiger partial charge in [-0.25, -0.2) is 0 Å². The van der Waals surface area contributed by atoms with Crippen LogP contribution in [0.1, 0.15) is 18.4 Å². The number of hydrogen-bond donors (Lipinski definition) is 4. The minimum absolute atomic E-state index is 0.00985.